The molecule has 0 amide bonds. The summed E-state index contributed by atoms with van der Waals surface area (Å²) < 4.78 is 0. The summed E-state index contributed by atoms with van der Waals surface area (Å²) in [5.41, 5.74) is 0.868. The molecule has 0 saturated heterocycles. The number of aromatic carboxylic acids is 1. The van der Waals surface area contributed by atoms with Crippen LogP contribution in [-0.2, 0) is 0 Å². The lowest BCUT2D eigenvalue weighted by molar-refractivity contribution is 0.0698. The molecular formula is C13H20N2O2. The Labute approximate surface area is 102 Å². The first kappa shape index (κ1) is 13.5. The van der Waals surface area contributed by atoms with E-state index in [9.17, 15) is 4.79 Å². The van der Waals surface area contributed by atoms with Gasteiger partial charge >= 0.3 is 5.97 Å². The van der Waals surface area contributed by atoms with E-state index in [1.807, 2.05) is 0 Å². The highest BCUT2D eigenvalue weighted by Gasteiger charge is 2.11. The van der Waals surface area contributed by atoms with Crippen molar-refractivity contribution < 1.29 is 9.90 Å². The molecule has 0 aliphatic rings. The maximum atomic E-state index is 11.0. The van der Waals surface area contributed by atoms with E-state index in [-0.39, 0.29) is 11.6 Å². The number of aromatic nitrogens is 1. The standard InChI is InChI=1S/C13H20N2O2/c1-9(2)4-5-10(3)15-12-8-14-7-6-11(12)13(16)17/h6-10,15H,4-5H2,1-3H3,(H,16,17). The van der Waals surface area contributed by atoms with E-state index in [1.54, 1.807) is 6.20 Å². The van der Waals surface area contributed by atoms with Gasteiger partial charge in [-0.25, -0.2) is 4.79 Å². The van der Waals surface area contributed by atoms with Crippen LogP contribution in [0.3, 0.4) is 0 Å². The average molecular weight is 236 g/mol. The van der Waals surface area contributed by atoms with Crippen LogP contribution in [0.15, 0.2) is 18.5 Å². The fourth-order valence-corrected chi connectivity index (χ4v) is 1.62. The Morgan fingerprint density at radius 3 is 2.71 bits per heavy atom. The second kappa shape index (κ2) is 6.23. The number of carbonyl (C=O) groups is 1. The second-order valence-electron chi connectivity index (χ2n) is 4.74. The predicted molar refractivity (Wildman–Crippen MR) is 68.4 cm³/mol. The van der Waals surface area contributed by atoms with Crippen molar-refractivity contribution in [2.24, 2.45) is 5.92 Å². The summed E-state index contributed by atoms with van der Waals surface area (Å²) >= 11 is 0. The summed E-state index contributed by atoms with van der Waals surface area (Å²) in [7, 11) is 0. The molecule has 1 atom stereocenters. The van der Waals surface area contributed by atoms with E-state index in [2.05, 4.69) is 31.1 Å². The molecule has 0 aromatic carbocycles. The lowest BCUT2D eigenvalue weighted by Gasteiger charge is -2.17. The summed E-state index contributed by atoms with van der Waals surface area (Å²) in [5, 5.41) is 12.2. The molecule has 1 aromatic heterocycles. The van der Waals surface area contributed by atoms with Gasteiger partial charge in [0.15, 0.2) is 0 Å². The topological polar surface area (TPSA) is 62.2 Å². The maximum absolute atomic E-state index is 11.0. The van der Waals surface area contributed by atoms with Gasteiger partial charge in [0.05, 0.1) is 17.4 Å². The quantitative estimate of drug-likeness (QED) is 0.797. The molecule has 0 spiro atoms. The van der Waals surface area contributed by atoms with Crippen molar-refractivity contribution in [2.75, 3.05) is 5.32 Å². The second-order valence-corrected chi connectivity index (χ2v) is 4.74. The summed E-state index contributed by atoms with van der Waals surface area (Å²) in [4.78, 5) is 15.0. The highest BCUT2D eigenvalue weighted by Crippen LogP contribution is 2.16. The van der Waals surface area contributed by atoms with Crippen LogP contribution >= 0.6 is 0 Å². The monoisotopic (exact) mass is 236 g/mol. The third-order valence-corrected chi connectivity index (χ3v) is 2.63. The van der Waals surface area contributed by atoms with Gasteiger partial charge in [0, 0.05) is 12.2 Å². The zero-order valence-corrected chi connectivity index (χ0v) is 10.6. The van der Waals surface area contributed by atoms with E-state index in [1.165, 1.54) is 12.3 Å². The first-order chi connectivity index (χ1) is 8.00. The summed E-state index contributed by atoms with van der Waals surface area (Å²) in [6, 6.07) is 1.76. The van der Waals surface area contributed by atoms with E-state index in [0.29, 0.717) is 11.6 Å². The molecule has 0 saturated carbocycles. The first-order valence-electron chi connectivity index (χ1n) is 5.94. The Balaban J connectivity index is 2.64. The van der Waals surface area contributed by atoms with Gasteiger partial charge in [-0.3, -0.25) is 4.98 Å². The SMILES string of the molecule is CC(C)CCC(C)Nc1cnccc1C(=O)O. The van der Waals surface area contributed by atoms with E-state index in [4.69, 9.17) is 5.11 Å². The van der Waals surface area contributed by atoms with Gasteiger partial charge in [-0.15, -0.1) is 0 Å². The lowest BCUT2D eigenvalue weighted by atomic mass is 10.0. The summed E-state index contributed by atoms with van der Waals surface area (Å²) in [6.07, 6.45) is 5.20. The molecule has 1 heterocycles. The van der Waals surface area contributed by atoms with E-state index >= 15 is 0 Å². The minimum atomic E-state index is -0.925. The fourth-order valence-electron chi connectivity index (χ4n) is 1.62. The fraction of sp³-hybridized carbons (Fsp3) is 0.538. The van der Waals surface area contributed by atoms with E-state index < -0.39 is 5.97 Å². The normalized spacial score (nSPS) is 12.5. The van der Waals surface area contributed by atoms with Crippen molar-refractivity contribution >= 4 is 11.7 Å². The highest BCUT2D eigenvalue weighted by atomic mass is 16.4. The summed E-state index contributed by atoms with van der Waals surface area (Å²) in [6.45, 7) is 6.42. The van der Waals surface area contributed by atoms with Crippen LogP contribution in [0.25, 0.3) is 0 Å². The van der Waals surface area contributed by atoms with Crippen LogP contribution in [-0.4, -0.2) is 22.1 Å². The van der Waals surface area contributed by atoms with Crippen molar-refractivity contribution in [2.45, 2.75) is 39.7 Å². The maximum Gasteiger partial charge on any atom is 0.337 e. The largest absolute Gasteiger partial charge is 0.478 e. The Hall–Kier alpha value is -1.58. The molecular weight excluding hydrogens is 216 g/mol. The van der Waals surface area contributed by atoms with Crippen LogP contribution in [0.5, 0.6) is 0 Å². The molecule has 1 aromatic rings. The van der Waals surface area contributed by atoms with Crippen LogP contribution < -0.4 is 5.32 Å². The minimum Gasteiger partial charge on any atom is -0.478 e. The zero-order valence-electron chi connectivity index (χ0n) is 10.6. The third kappa shape index (κ3) is 4.43. The van der Waals surface area contributed by atoms with Crippen LogP contribution in [0, 0.1) is 5.92 Å². The van der Waals surface area contributed by atoms with Gasteiger partial charge in [-0.2, -0.15) is 0 Å². The lowest BCUT2D eigenvalue weighted by Crippen LogP contribution is -2.18. The Kier molecular flexibility index (Phi) is 4.94. The molecule has 0 radical (unpaired) electrons. The van der Waals surface area contributed by atoms with Gasteiger partial charge in [-0.05, 0) is 31.7 Å². The van der Waals surface area contributed by atoms with E-state index in [0.717, 1.165) is 12.8 Å². The van der Waals surface area contributed by atoms with Gasteiger partial charge < -0.3 is 10.4 Å². The third-order valence-electron chi connectivity index (χ3n) is 2.63. The van der Waals surface area contributed by atoms with Crippen molar-refractivity contribution in [3.05, 3.63) is 24.0 Å². The predicted octanol–water partition coefficient (Wildman–Crippen LogP) is 3.02. The number of hydrogen-bond acceptors (Lipinski definition) is 3. The van der Waals surface area contributed by atoms with Crippen molar-refractivity contribution in [3.63, 3.8) is 0 Å². The number of rotatable bonds is 6. The molecule has 0 bridgehead atoms. The minimum absolute atomic E-state index is 0.250. The number of hydrogen-bond donors (Lipinski definition) is 2. The number of pyridine rings is 1. The number of nitrogens with one attached hydrogen (secondary N) is 1. The van der Waals surface area contributed by atoms with Crippen molar-refractivity contribution in [1.82, 2.24) is 4.98 Å². The molecule has 0 aliphatic carbocycles. The van der Waals surface area contributed by atoms with Gasteiger partial charge in [-0.1, -0.05) is 13.8 Å². The first-order valence-corrected chi connectivity index (χ1v) is 5.94. The van der Waals surface area contributed by atoms with Crippen LogP contribution in [0.4, 0.5) is 5.69 Å². The average Bonchev–Trinajstić information content (AvgIpc) is 2.27. The number of carboxylic acids is 1. The van der Waals surface area contributed by atoms with Crippen molar-refractivity contribution in [3.8, 4) is 0 Å². The Morgan fingerprint density at radius 2 is 2.12 bits per heavy atom. The number of anilines is 1. The molecule has 94 valence electrons. The molecule has 4 nitrogen and oxygen atoms in total. The molecule has 2 N–H and O–H groups in total. The van der Waals surface area contributed by atoms with Crippen LogP contribution in [0.2, 0.25) is 0 Å². The Morgan fingerprint density at radius 1 is 1.41 bits per heavy atom. The molecule has 0 fully saturated rings. The summed E-state index contributed by atoms with van der Waals surface area (Å²) in [5.74, 6) is -0.266. The van der Waals surface area contributed by atoms with Crippen LogP contribution in [0.1, 0.15) is 44.0 Å². The molecule has 1 rings (SSSR count). The zero-order chi connectivity index (χ0) is 12.8. The highest BCUT2D eigenvalue weighted by molar-refractivity contribution is 5.93. The van der Waals surface area contributed by atoms with Crippen molar-refractivity contribution in [1.29, 1.82) is 0 Å². The number of nitrogens with zero attached hydrogens (tertiary/aromatic N) is 1. The molecule has 0 aliphatic heterocycles. The van der Waals surface area contributed by atoms with Gasteiger partial charge in [0.25, 0.3) is 0 Å². The number of carboxylic acid groups (broad SMARTS) is 1. The smallest absolute Gasteiger partial charge is 0.337 e. The van der Waals surface area contributed by atoms with Gasteiger partial charge in [0.1, 0.15) is 0 Å². The van der Waals surface area contributed by atoms with Gasteiger partial charge in [0.2, 0.25) is 0 Å². The molecule has 1 unspecified atom stereocenters. The Bertz CT molecular complexity index is 377. The molecule has 17 heavy (non-hydrogen) atoms. The molecule has 4 heteroatoms.